The predicted molar refractivity (Wildman–Crippen MR) is 120 cm³/mol. The van der Waals surface area contributed by atoms with Crippen LogP contribution in [0.1, 0.15) is 11.1 Å². The highest BCUT2D eigenvalue weighted by atomic mass is 32.1. The number of imidazole rings is 1. The Morgan fingerprint density at radius 3 is 2.61 bits per heavy atom. The predicted octanol–water partition coefficient (Wildman–Crippen LogP) is 1.38. The third-order valence-electron chi connectivity index (χ3n) is 5.35. The number of rotatable bonds is 4. The monoisotopic (exact) mass is 438 g/mol. The summed E-state index contributed by atoms with van der Waals surface area (Å²) in [5, 5.41) is 0. The molecule has 9 nitrogen and oxygen atoms in total. The van der Waals surface area contributed by atoms with Crippen LogP contribution < -0.4 is 16.1 Å². The molecule has 0 atom stereocenters. The molecule has 0 aliphatic rings. The largest absolute Gasteiger partial charge is 0.332 e. The van der Waals surface area contributed by atoms with Gasteiger partial charge in [0.15, 0.2) is 16.0 Å². The molecule has 0 unspecified atom stereocenters. The van der Waals surface area contributed by atoms with Gasteiger partial charge in [-0.1, -0.05) is 17.4 Å². The summed E-state index contributed by atoms with van der Waals surface area (Å²) in [6.45, 7) is 8.26. The van der Waals surface area contributed by atoms with Crippen LogP contribution in [0.25, 0.3) is 21.4 Å². The average Bonchev–Trinajstić information content (AvgIpc) is 3.27. The van der Waals surface area contributed by atoms with Gasteiger partial charge >= 0.3 is 5.69 Å². The summed E-state index contributed by atoms with van der Waals surface area (Å²) in [4.78, 5) is 46.5. The number of amides is 1. The molecule has 0 spiro atoms. The van der Waals surface area contributed by atoms with E-state index in [0.29, 0.717) is 11.3 Å². The van der Waals surface area contributed by atoms with Crippen LogP contribution in [0.15, 0.2) is 45.7 Å². The van der Waals surface area contributed by atoms with Crippen LogP contribution in [0.3, 0.4) is 0 Å². The maximum absolute atomic E-state index is 12.8. The maximum Gasteiger partial charge on any atom is 0.332 e. The Morgan fingerprint density at radius 2 is 1.90 bits per heavy atom. The van der Waals surface area contributed by atoms with E-state index >= 15 is 0 Å². The number of nitrogens with zero attached hydrogens (tertiary/aromatic N) is 6. The van der Waals surface area contributed by atoms with Gasteiger partial charge in [0.05, 0.1) is 16.5 Å². The van der Waals surface area contributed by atoms with Crippen LogP contribution in [0.2, 0.25) is 0 Å². The molecule has 0 radical (unpaired) electrons. The lowest BCUT2D eigenvalue weighted by Gasteiger charge is -2.05. The van der Waals surface area contributed by atoms with Crippen LogP contribution >= 0.6 is 11.3 Å². The highest BCUT2D eigenvalue weighted by Crippen LogP contribution is 2.22. The fourth-order valence-electron chi connectivity index (χ4n) is 3.52. The number of thiazole rings is 1. The molecule has 31 heavy (non-hydrogen) atoms. The summed E-state index contributed by atoms with van der Waals surface area (Å²) < 4.78 is 6.70. The minimum atomic E-state index is -0.502. The van der Waals surface area contributed by atoms with Crippen molar-refractivity contribution in [2.75, 3.05) is 0 Å². The van der Waals surface area contributed by atoms with E-state index in [9.17, 15) is 14.4 Å². The van der Waals surface area contributed by atoms with Gasteiger partial charge in [0.25, 0.3) is 11.5 Å². The number of carbonyl (C=O) groups excluding carboxylic acids is 1. The summed E-state index contributed by atoms with van der Waals surface area (Å²) in [6.07, 6.45) is 3.15. The molecule has 3 heterocycles. The maximum atomic E-state index is 12.8. The van der Waals surface area contributed by atoms with Gasteiger partial charge in [-0.3, -0.25) is 18.7 Å². The van der Waals surface area contributed by atoms with Crippen LogP contribution in [-0.4, -0.2) is 29.2 Å². The molecule has 4 rings (SSSR count). The lowest BCUT2D eigenvalue weighted by atomic mass is 10.1. The van der Waals surface area contributed by atoms with E-state index in [1.807, 2.05) is 18.4 Å². The van der Waals surface area contributed by atoms with Gasteiger partial charge in [0.2, 0.25) is 0 Å². The zero-order valence-electron chi connectivity index (χ0n) is 17.7. The Kier molecular flexibility index (Phi) is 5.10. The molecule has 4 aromatic rings. The number of fused-ring (bicyclic) bond motifs is 2. The fraction of sp³-hybridized carbons (Fsp3) is 0.286. The van der Waals surface area contributed by atoms with Gasteiger partial charge in [0.1, 0.15) is 6.54 Å². The third-order valence-corrected chi connectivity index (χ3v) is 6.39. The second-order valence-electron chi connectivity index (χ2n) is 7.44. The molecule has 0 saturated heterocycles. The summed E-state index contributed by atoms with van der Waals surface area (Å²) in [5.74, 6) is -0.423. The Labute approximate surface area is 180 Å². The molecule has 10 heteroatoms. The minimum Gasteiger partial charge on any atom is -0.315 e. The van der Waals surface area contributed by atoms with Gasteiger partial charge in [-0.05, 0) is 37.1 Å². The highest BCUT2D eigenvalue weighted by Gasteiger charge is 2.16. The van der Waals surface area contributed by atoms with Crippen molar-refractivity contribution in [1.82, 2.24) is 23.3 Å². The topological polar surface area (TPSA) is 96.2 Å². The number of allylic oxidation sites excluding steroid dienone is 1. The summed E-state index contributed by atoms with van der Waals surface area (Å²) in [5.41, 5.74) is 2.77. The van der Waals surface area contributed by atoms with Gasteiger partial charge in [0, 0.05) is 20.6 Å². The lowest BCUT2D eigenvalue weighted by Crippen LogP contribution is -2.37. The average molecular weight is 439 g/mol. The highest BCUT2D eigenvalue weighted by molar-refractivity contribution is 7.16. The quantitative estimate of drug-likeness (QED) is 0.450. The third kappa shape index (κ3) is 3.38. The van der Waals surface area contributed by atoms with E-state index in [0.717, 1.165) is 20.3 Å². The van der Waals surface area contributed by atoms with E-state index in [2.05, 4.69) is 28.7 Å². The first-order valence-corrected chi connectivity index (χ1v) is 10.4. The SMILES string of the molecule is C=CCn1c(=NC(=O)Cn2cnc3c2c(=O)n(C)c(=O)n3C)sc2cc(C)c(C)cc21. The van der Waals surface area contributed by atoms with Crippen LogP contribution in [-0.2, 0) is 32.0 Å². The Morgan fingerprint density at radius 1 is 1.19 bits per heavy atom. The molecule has 0 fully saturated rings. The molecular weight excluding hydrogens is 416 g/mol. The number of carbonyl (C=O) groups is 1. The van der Waals surface area contributed by atoms with Crippen molar-refractivity contribution in [2.45, 2.75) is 26.9 Å². The Balaban J connectivity index is 1.81. The molecule has 3 aromatic heterocycles. The molecule has 0 saturated carbocycles. The molecule has 0 N–H and O–H groups in total. The first kappa shape index (κ1) is 20.7. The van der Waals surface area contributed by atoms with Gasteiger partial charge in [-0.2, -0.15) is 4.99 Å². The van der Waals surface area contributed by atoms with E-state index in [4.69, 9.17) is 0 Å². The van der Waals surface area contributed by atoms with Gasteiger partial charge < -0.3 is 9.13 Å². The number of aryl methyl sites for hydroxylation is 3. The van der Waals surface area contributed by atoms with Gasteiger partial charge in [-0.25, -0.2) is 9.78 Å². The Hall–Kier alpha value is -3.53. The van der Waals surface area contributed by atoms with Crippen molar-refractivity contribution in [3.8, 4) is 0 Å². The number of aromatic nitrogens is 5. The van der Waals surface area contributed by atoms with Crippen molar-refractivity contribution in [3.63, 3.8) is 0 Å². The normalized spacial score (nSPS) is 12.2. The van der Waals surface area contributed by atoms with Crippen molar-refractivity contribution < 1.29 is 4.79 Å². The fourth-order valence-corrected chi connectivity index (χ4v) is 4.65. The second-order valence-corrected chi connectivity index (χ2v) is 8.45. The number of benzene rings is 1. The number of hydrogen-bond acceptors (Lipinski definition) is 5. The first-order chi connectivity index (χ1) is 14.7. The zero-order chi connectivity index (χ0) is 22.4. The van der Waals surface area contributed by atoms with Gasteiger partial charge in [-0.15, -0.1) is 6.58 Å². The van der Waals surface area contributed by atoms with E-state index in [1.165, 1.54) is 46.5 Å². The summed E-state index contributed by atoms with van der Waals surface area (Å²) in [7, 11) is 2.93. The summed E-state index contributed by atoms with van der Waals surface area (Å²) in [6, 6.07) is 4.17. The van der Waals surface area contributed by atoms with Crippen LogP contribution in [0.4, 0.5) is 0 Å². The van der Waals surface area contributed by atoms with Crippen LogP contribution in [0.5, 0.6) is 0 Å². The van der Waals surface area contributed by atoms with Crippen molar-refractivity contribution >= 4 is 38.6 Å². The molecule has 1 amide bonds. The summed E-state index contributed by atoms with van der Waals surface area (Å²) >= 11 is 1.43. The molecular formula is C21H22N6O3S. The standard InChI is InChI=1S/C21H22N6O3S/c1-6-7-27-14-8-12(2)13(3)9-15(14)31-20(27)23-16(28)10-26-11-22-18-17(26)19(29)25(5)21(30)24(18)4/h6,8-9,11H,1,7,10H2,2-5H3. The van der Waals surface area contributed by atoms with Crippen molar-refractivity contribution in [2.24, 2.45) is 19.1 Å². The van der Waals surface area contributed by atoms with E-state index in [-0.39, 0.29) is 17.7 Å². The molecule has 0 aliphatic carbocycles. The molecule has 160 valence electrons. The van der Waals surface area contributed by atoms with E-state index < -0.39 is 17.2 Å². The number of hydrogen-bond donors (Lipinski definition) is 0. The zero-order valence-corrected chi connectivity index (χ0v) is 18.6. The van der Waals surface area contributed by atoms with Crippen molar-refractivity contribution in [1.29, 1.82) is 0 Å². The van der Waals surface area contributed by atoms with E-state index in [1.54, 1.807) is 6.08 Å². The minimum absolute atomic E-state index is 0.162. The smallest absolute Gasteiger partial charge is 0.315 e. The second kappa shape index (κ2) is 7.62. The van der Waals surface area contributed by atoms with Crippen LogP contribution in [0, 0.1) is 13.8 Å². The molecule has 0 aliphatic heterocycles. The Bertz CT molecular complexity index is 1560. The van der Waals surface area contributed by atoms with Crippen molar-refractivity contribution in [3.05, 3.63) is 67.9 Å². The lowest BCUT2D eigenvalue weighted by molar-refractivity contribution is -0.118. The molecule has 0 bridgehead atoms. The molecule has 1 aromatic carbocycles. The first-order valence-electron chi connectivity index (χ1n) is 9.62.